The lowest BCUT2D eigenvalue weighted by Gasteiger charge is -2.14. The summed E-state index contributed by atoms with van der Waals surface area (Å²) in [5.41, 5.74) is 3.07. The van der Waals surface area contributed by atoms with Crippen molar-refractivity contribution >= 4 is 33.8 Å². The monoisotopic (exact) mass is 433 g/mol. The lowest BCUT2D eigenvalue weighted by atomic mass is 9.99. The lowest BCUT2D eigenvalue weighted by Crippen LogP contribution is -2.41. The molecule has 0 aliphatic rings. The van der Waals surface area contributed by atoms with Crippen LogP contribution >= 0.6 is 0 Å². The van der Waals surface area contributed by atoms with Crippen LogP contribution in [0.15, 0.2) is 62.4 Å². The summed E-state index contributed by atoms with van der Waals surface area (Å²) in [6.07, 6.45) is 2.33. The maximum atomic E-state index is 12.6. The Kier molecular flexibility index (Phi) is 5.81. The topological polar surface area (TPSA) is 110 Å². The van der Waals surface area contributed by atoms with Crippen molar-refractivity contribution < 1.29 is 23.5 Å². The summed E-state index contributed by atoms with van der Waals surface area (Å²) < 4.78 is 11.2. The molecule has 2 aromatic heterocycles. The number of carboxylic acids is 1. The largest absolute Gasteiger partial charge is 0.480 e. The first-order valence-corrected chi connectivity index (χ1v) is 10.4. The van der Waals surface area contributed by atoms with E-state index in [2.05, 4.69) is 5.32 Å². The van der Waals surface area contributed by atoms with Gasteiger partial charge in [0.05, 0.1) is 18.2 Å². The van der Waals surface area contributed by atoms with Crippen LogP contribution in [-0.4, -0.2) is 23.0 Å². The fraction of sp³-hybridized carbons (Fsp3) is 0.240. The van der Waals surface area contributed by atoms with Crippen LogP contribution in [0.4, 0.5) is 0 Å². The quantitative estimate of drug-likeness (QED) is 0.417. The molecule has 0 aliphatic heterocycles. The predicted molar refractivity (Wildman–Crippen MR) is 121 cm³/mol. The van der Waals surface area contributed by atoms with Crippen molar-refractivity contribution in [2.75, 3.05) is 0 Å². The molecule has 0 bridgehead atoms. The molecule has 7 heteroatoms. The van der Waals surface area contributed by atoms with Gasteiger partial charge in [-0.15, -0.1) is 0 Å². The molecule has 0 fully saturated rings. The van der Waals surface area contributed by atoms with Gasteiger partial charge in [-0.2, -0.15) is 0 Å². The van der Waals surface area contributed by atoms with Crippen LogP contribution < -0.4 is 10.9 Å². The molecule has 1 atom stereocenters. The fourth-order valence-corrected chi connectivity index (χ4v) is 3.91. The van der Waals surface area contributed by atoms with Crippen LogP contribution in [0.1, 0.15) is 30.9 Å². The van der Waals surface area contributed by atoms with Gasteiger partial charge in [-0.25, -0.2) is 9.59 Å². The van der Waals surface area contributed by atoms with Crippen molar-refractivity contribution in [2.45, 2.75) is 39.2 Å². The first-order valence-electron chi connectivity index (χ1n) is 10.4. The number of carbonyl (C=O) groups excluding carboxylic acids is 1. The SMILES string of the molecule is CCCC(NC(=O)Cc1c(C)c2cc3c(-c4ccccc4)coc3cc2oc1=O)C(=O)O. The Bertz CT molecular complexity index is 1370. The molecule has 4 rings (SSSR count). The second-order valence-electron chi connectivity index (χ2n) is 7.78. The van der Waals surface area contributed by atoms with Gasteiger partial charge in [-0.05, 0) is 30.5 Å². The van der Waals surface area contributed by atoms with Crippen LogP contribution in [0.3, 0.4) is 0 Å². The molecule has 1 unspecified atom stereocenters. The summed E-state index contributed by atoms with van der Waals surface area (Å²) in [5, 5.41) is 13.3. The summed E-state index contributed by atoms with van der Waals surface area (Å²) in [6.45, 7) is 3.60. The number of aliphatic carboxylic acids is 1. The Balaban J connectivity index is 1.74. The number of furan rings is 1. The number of benzene rings is 2. The lowest BCUT2D eigenvalue weighted by molar-refractivity contribution is -0.141. The van der Waals surface area contributed by atoms with Gasteiger partial charge in [0.2, 0.25) is 5.91 Å². The Morgan fingerprint density at radius 2 is 1.84 bits per heavy atom. The number of carboxylic acid groups (broad SMARTS) is 1. The van der Waals surface area contributed by atoms with Gasteiger partial charge in [-0.1, -0.05) is 43.7 Å². The zero-order chi connectivity index (χ0) is 22.8. The molecule has 0 radical (unpaired) electrons. The molecular weight excluding hydrogens is 410 g/mol. The van der Waals surface area contributed by atoms with Crippen molar-refractivity contribution in [1.82, 2.24) is 5.32 Å². The average Bonchev–Trinajstić information content (AvgIpc) is 3.18. The molecule has 2 N–H and O–H groups in total. The highest BCUT2D eigenvalue weighted by molar-refractivity contribution is 6.02. The van der Waals surface area contributed by atoms with E-state index in [1.54, 1.807) is 19.3 Å². The van der Waals surface area contributed by atoms with E-state index in [-0.39, 0.29) is 12.0 Å². The van der Waals surface area contributed by atoms with Crippen LogP contribution in [0.5, 0.6) is 0 Å². The van der Waals surface area contributed by atoms with Gasteiger partial charge in [0.1, 0.15) is 17.2 Å². The molecule has 2 heterocycles. The highest BCUT2D eigenvalue weighted by atomic mass is 16.4. The number of rotatable bonds is 7. The number of fused-ring (bicyclic) bond motifs is 2. The van der Waals surface area contributed by atoms with Crippen LogP contribution in [0, 0.1) is 6.92 Å². The van der Waals surface area contributed by atoms with Crippen molar-refractivity contribution in [3.8, 4) is 11.1 Å². The van der Waals surface area contributed by atoms with Crippen molar-refractivity contribution in [3.05, 3.63) is 70.3 Å². The Hall–Kier alpha value is -3.87. The predicted octanol–water partition coefficient (Wildman–Crippen LogP) is 4.43. The third-order valence-electron chi connectivity index (χ3n) is 5.61. The molecule has 4 aromatic rings. The minimum Gasteiger partial charge on any atom is -0.480 e. The number of carbonyl (C=O) groups is 2. The smallest absolute Gasteiger partial charge is 0.340 e. The minimum atomic E-state index is -1.10. The maximum Gasteiger partial charge on any atom is 0.340 e. The van der Waals surface area contributed by atoms with Crippen molar-refractivity contribution in [3.63, 3.8) is 0 Å². The Morgan fingerprint density at radius 1 is 1.09 bits per heavy atom. The van der Waals surface area contributed by atoms with Crippen LogP contribution in [0.2, 0.25) is 0 Å². The molecule has 164 valence electrons. The van der Waals surface area contributed by atoms with E-state index in [1.807, 2.05) is 43.3 Å². The normalized spacial score (nSPS) is 12.2. The average molecular weight is 433 g/mol. The summed E-state index contributed by atoms with van der Waals surface area (Å²) in [5.74, 6) is -1.63. The third-order valence-corrected chi connectivity index (χ3v) is 5.61. The minimum absolute atomic E-state index is 0.208. The standard InChI is InChI=1S/C25H23NO6/c1-3-7-20(24(28)29)26-23(27)11-17-14(2)16-10-18-19(15-8-5-4-6-9-15)13-31-21(18)12-22(16)32-25(17)30/h4-6,8-10,12-13,20H,3,7,11H2,1-2H3,(H,26,27)(H,28,29). The van der Waals surface area contributed by atoms with Crippen molar-refractivity contribution in [1.29, 1.82) is 0 Å². The Morgan fingerprint density at radius 3 is 2.53 bits per heavy atom. The molecule has 0 aliphatic carbocycles. The molecule has 2 aromatic carbocycles. The van der Waals surface area contributed by atoms with E-state index >= 15 is 0 Å². The van der Waals surface area contributed by atoms with E-state index < -0.39 is 23.5 Å². The number of amides is 1. The fourth-order valence-electron chi connectivity index (χ4n) is 3.91. The first kappa shape index (κ1) is 21.4. The van der Waals surface area contributed by atoms with E-state index in [0.717, 1.165) is 16.5 Å². The van der Waals surface area contributed by atoms with Crippen molar-refractivity contribution in [2.24, 2.45) is 0 Å². The number of aryl methyl sites for hydroxylation is 1. The van der Waals surface area contributed by atoms with E-state index in [9.17, 15) is 19.5 Å². The maximum absolute atomic E-state index is 12.6. The van der Waals surface area contributed by atoms with Crippen LogP contribution in [0.25, 0.3) is 33.1 Å². The zero-order valence-electron chi connectivity index (χ0n) is 17.8. The molecule has 0 saturated carbocycles. The summed E-state index contributed by atoms with van der Waals surface area (Å²) in [6, 6.07) is 12.4. The molecule has 32 heavy (non-hydrogen) atoms. The summed E-state index contributed by atoms with van der Waals surface area (Å²) in [4.78, 5) is 36.4. The van der Waals surface area contributed by atoms with E-state index in [0.29, 0.717) is 35.0 Å². The highest BCUT2D eigenvalue weighted by Crippen LogP contribution is 2.34. The number of nitrogens with one attached hydrogen (secondary N) is 1. The highest BCUT2D eigenvalue weighted by Gasteiger charge is 2.22. The van der Waals surface area contributed by atoms with Gasteiger partial charge in [0.15, 0.2) is 0 Å². The summed E-state index contributed by atoms with van der Waals surface area (Å²) >= 11 is 0. The summed E-state index contributed by atoms with van der Waals surface area (Å²) in [7, 11) is 0. The third kappa shape index (κ3) is 4.01. The van der Waals surface area contributed by atoms with Gasteiger partial charge >= 0.3 is 11.6 Å². The molecular formula is C25H23NO6. The first-order chi connectivity index (χ1) is 15.4. The molecule has 0 spiro atoms. The second-order valence-corrected chi connectivity index (χ2v) is 7.78. The van der Waals surface area contributed by atoms with Gasteiger partial charge in [0, 0.05) is 22.4 Å². The van der Waals surface area contributed by atoms with Crippen LogP contribution in [-0.2, 0) is 16.0 Å². The van der Waals surface area contributed by atoms with Gasteiger partial charge < -0.3 is 19.3 Å². The molecule has 1 amide bonds. The Labute approximate surface area is 183 Å². The van der Waals surface area contributed by atoms with E-state index in [1.165, 1.54) is 0 Å². The van der Waals surface area contributed by atoms with Gasteiger partial charge in [-0.3, -0.25) is 4.79 Å². The number of hydrogen-bond acceptors (Lipinski definition) is 5. The van der Waals surface area contributed by atoms with E-state index in [4.69, 9.17) is 8.83 Å². The number of hydrogen-bond donors (Lipinski definition) is 2. The molecule has 0 saturated heterocycles. The molecule has 7 nitrogen and oxygen atoms in total. The second kappa shape index (κ2) is 8.70. The van der Waals surface area contributed by atoms with Gasteiger partial charge in [0.25, 0.3) is 0 Å². The zero-order valence-corrected chi connectivity index (χ0v) is 17.8.